The molecule has 0 rings (SSSR count). The summed E-state index contributed by atoms with van der Waals surface area (Å²) in [5.74, 6) is 5.29. The van der Waals surface area contributed by atoms with Crippen LogP contribution in [0.4, 0.5) is 0 Å². The van der Waals surface area contributed by atoms with Crippen LogP contribution in [-0.4, -0.2) is 0 Å². The molecule has 0 heteroatoms. The van der Waals surface area contributed by atoms with Crippen molar-refractivity contribution in [2.45, 2.75) is 81.1 Å². The van der Waals surface area contributed by atoms with E-state index in [-0.39, 0.29) is 0 Å². The van der Waals surface area contributed by atoms with Gasteiger partial charge in [0.05, 0.1) is 0 Å². The minimum Gasteiger partial charge on any atom is -0.0651 e. The molecule has 18 heavy (non-hydrogen) atoms. The first-order valence-electron chi connectivity index (χ1n) is 8.44. The van der Waals surface area contributed by atoms with E-state index < -0.39 is 0 Å². The lowest BCUT2D eigenvalue weighted by Gasteiger charge is -2.41. The first kappa shape index (κ1) is 18.0. The summed E-state index contributed by atoms with van der Waals surface area (Å²) in [5.41, 5.74) is 0. The highest BCUT2D eigenvalue weighted by Crippen LogP contribution is 2.41. The number of hydrogen-bond donors (Lipinski definition) is 0. The summed E-state index contributed by atoms with van der Waals surface area (Å²) in [6.45, 7) is 19.4. The van der Waals surface area contributed by atoms with Crippen molar-refractivity contribution in [3.05, 3.63) is 0 Å². The smallest absolute Gasteiger partial charge is 0.0329 e. The molecular formula is C18H38. The first-order valence-corrected chi connectivity index (χ1v) is 8.44. The fraction of sp³-hybridized carbons (Fsp3) is 1.00. The van der Waals surface area contributed by atoms with E-state index in [2.05, 4.69) is 55.4 Å². The van der Waals surface area contributed by atoms with E-state index in [1.165, 1.54) is 25.7 Å². The Morgan fingerprint density at radius 2 is 1.00 bits per heavy atom. The summed E-state index contributed by atoms with van der Waals surface area (Å²) >= 11 is 0. The van der Waals surface area contributed by atoms with Crippen LogP contribution in [0.1, 0.15) is 81.1 Å². The maximum atomic E-state index is 2.51. The standard InChI is InChI=1S/C18H38/c1-9-13(5)16(8)18(15(7)11-3)17(12-4)14(6)10-2/h13-18H,9-12H2,1-8H3. The van der Waals surface area contributed by atoms with E-state index in [1.54, 1.807) is 0 Å². The Balaban J connectivity index is 5.06. The molecule has 0 radical (unpaired) electrons. The monoisotopic (exact) mass is 254 g/mol. The molecule has 0 aromatic rings. The van der Waals surface area contributed by atoms with Gasteiger partial charge in [0.25, 0.3) is 0 Å². The van der Waals surface area contributed by atoms with E-state index in [9.17, 15) is 0 Å². The Morgan fingerprint density at radius 3 is 1.33 bits per heavy atom. The van der Waals surface area contributed by atoms with Gasteiger partial charge in [-0.15, -0.1) is 0 Å². The molecule has 0 heterocycles. The van der Waals surface area contributed by atoms with Crippen LogP contribution in [0.5, 0.6) is 0 Å². The van der Waals surface area contributed by atoms with Gasteiger partial charge in [-0.1, -0.05) is 81.1 Å². The van der Waals surface area contributed by atoms with Gasteiger partial charge in [0.15, 0.2) is 0 Å². The zero-order chi connectivity index (χ0) is 14.3. The van der Waals surface area contributed by atoms with Gasteiger partial charge in [-0.3, -0.25) is 0 Å². The molecule has 0 amide bonds. The first-order chi connectivity index (χ1) is 8.44. The Kier molecular flexibility index (Phi) is 8.99. The van der Waals surface area contributed by atoms with Crippen molar-refractivity contribution in [2.24, 2.45) is 35.5 Å². The predicted octanol–water partition coefficient (Wildman–Crippen LogP) is 6.40. The third-order valence-corrected chi connectivity index (χ3v) is 5.79. The normalized spacial score (nSPS) is 22.0. The molecule has 0 spiro atoms. The second-order valence-corrected chi connectivity index (χ2v) is 6.67. The van der Waals surface area contributed by atoms with E-state index >= 15 is 0 Å². The van der Waals surface area contributed by atoms with Crippen molar-refractivity contribution in [2.75, 3.05) is 0 Å². The third-order valence-electron chi connectivity index (χ3n) is 5.79. The minimum absolute atomic E-state index is 0.863. The van der Waals surface area contributed by atoms with Gasteiger partial charge in [0.1, 0.15) is 0 Å². The quantitative estimate of drug-likeness (QED) is 0.446. The van der Waals surface area contributed by atoms with E-state index in [0.29, 0.717) is 0 Å². The Labute approximate surface area is 117 Å². The highest BCUT2D eigenvalue weighted by molar-refractivity contribution is 4.83. The highest BCUT2D eigenvalue weighted by Gasteiger charge is 2.34. The molecule has 6 unspecified atom stereocenters. The van der Waals surface area contributed by atoms with Crippen molar-refractivity contribution >= 4 is 0 Å². The fourth-order valence-electron chi connectivity index (χ4n) is 3.71. The molecule has 0 aromatic heterocycles. The molecule has 0 nitrogen and oxygen atoms in total. The molecule has 0 fully saturated rings. The maximum Gasteiger partial charge on any atom is -0.0329 e. The van der Waals surface area contributed by atoms with Crippen LogP contribution in [0.3, 0.4) is 0 Å². The van der Waals surface area contributed by atoms with Gasteiger partial charge in [-0.2, -0.15) is 0 Å². The zero-order valence-corrected chi connectivity index (χ0v) is 14.3. The summed E-state index contributed by atoms with van der Waals surface area (Å²) in [4.78, 5) is 0. The van der Waals surface area contributed by atoms with Crippen LogP contribution in [0.15, 0.2) is 0 Å². The molecule has 0 aliphatic carbocycles. The zero-order valence-electron chi connectivity index (χ0n) is 14.3. The minimum atomic E-state index is 0.863. The molecule has 0 saturated heterocycles. The maximum absolute atomic E-state index is 2.51. The third kappa shape index (κ3) is 4.59. The van der Waals surface area contributed by atoms with Crippen molar-refractivity contribution in [1.29, 1.82) is 0 Å². The lowest BCUT2D eigenvalue weighted by Crippen LogP contribution is -2.34. The van der Waals surface area contributed by atoms with Crippen molar-refractivity contribution in [1.82, 2.24) is 0 Å². The van der Waals surface area contributed by atoms with Gasteiger partial charge in [-0.25, -0.2) is 0 Å². The molecule has 0 aliphatic heterocycles. The largest absolute Gasteiger partial charge is 0.0651 e. The average molecular weight is 255 g/mol. The van der Waals surface area contributed by atoms with Crippen LogP contribution >= 0.6 is 0 Å². The van der Waals surface area contributed by atoms with Crippen molar-refractivity contribution < 1.29 is 0 Å². The van der Waals surface area contributed by atoms with E-state index in [4.69, 9.17) is 0 Å². The van der Waals surface area contributed by atoms with Crippen LogP contribution in [0.25, 0.3) is 0 Å². The van der Waals surface area contributed by atoms with Gasteiger partial charge in [0, 0.05) is 0 Å². The molecule has 0 saturated carbocycles. The topological polar surface area (TPSA) is 0 Å². The average Bonchev–Trinajstić information content (AvgIpc) is 2.41. The van der Waals surface area contributed by atoms with Gasteiger partial charge < -0.3 is 0 Å². The highest BCUT2D eigenvalue weighted by atomic mass is 14.4. The second-order valence-electron chi connectivity index (χ2n) is 6.67. The lowest BCUT2D eigenvalue weighted by atomic mass is 9.64. The van der Waals surface area contributed by atoms with Crippen molar-refractivity contribution in [3.63, 3.8) is 0 Å². The molecule has 110 valence electrons. The van der Waals surface area contributed by atoms with Gasteiger partial charge in [0.2, 0.25) is 0 Å². The molecule has 0 aromatic carbocycles. The predicted molar refractivity (Wildman–Crippen MR) is 84.8 cm³/mol. The summed E-state index contributed by atoms with van der Waals surface area (Å²) in [6.07, 6.45) is 5.34. The Morgan fingerprint density at radius 1 is 0.556 bits per heavy atom. The summed E-state index contributed by atoms with van der Waals surface area (Å²) in [6, 6.07) is 0. The summed E-state index contributed by atoms with van der Waals surface area (Å²) in [7, 11) is 0. The van der Waals surface area contributed by atoms with Crippen LogP contribution in [-0.2, 0) is 0 Å². The molecule has 0 bridgehead atoms. The molecule has 0 aliphatic rings. The Bertz CT molecular complexity index is 196. The van der Waals surface area contributed by atoms with Crippen LogP contribution in [0, 0.1) is 35.5 Å². The number of hydrogen-bond acceptors (Lipinski definition) is 0. The lowest BCUT2D eigenvalue weighted by molar-refractivity contribution is 0.0809. The summed E-state index contributed by atoms with van der Waals surface area (Å²) in [5, 5.41) is 0. The fourth-order valence-corrected chi connectivity index (χ4v) is 3.71. The van der Waals surface area contributed by atoms with Gasteiger partial charge >= 0.3 is 0 Å². The van der Waals surface area contributed by atoms with E-state index in [0.717, 1.165) is 35.5 Å². The van der Waals surface area contributed by atoms with E-state index in [1.807, 2.05) is 0 Å². The second kappa shape index (κ2) is 8.99. The number of rotatable bonds is 9. The molecule has 6 atom stereocenters. The van der Waals surface area contributed by atoms with Crippen LogP contribution in [0.2, 0.25) is 0 Å². The van der Waals surface area contributed by atoms with Gasteiger partial charge in [-0.05, 0) is 35.5 Å². The summed E-state index contributed by atoms with van der Waals surface area (Å²) < 4.78 is 0. The SMILES string of the molecule is CCC(C)C(C)C(C(C)CC)C(CC)C(C)CC. The molecular weight excluding hydrogens is 216 g/mol. The van der Waals surface area contributed by atoms with Crippen molar-refractivity contribution in [3.8, 4) is 0 Å². The Hall–Kier alpha value is 0. The molecule has 0 N–H and O–H groups in total. The van der Waals surface area contributed by atoms with Crippen LogP contribution < -0.4 is 0 Å².